The van der Waals surface area contributed by atoms with Crippen LogP contribution < -0.4 is 16.0 Å². The molecule has 0 aliphatic carbocycles. The van der Waals surface area contributed by atoms with Crippen molar-refractivity contribution in [2.45, 2.75) is 25.4 Å². The van der Waals surface area contributed by atoms with Crippen LogP contribution in [-0.2, 0) is 16.1 Å². The van der Waals surface area contributed by atoms with Crippen molar-refractivity contribution >= 4 is 39.3 Å². The predicted molar refractivity (Wildman–Crippen MR) is 83.4 cm³/mol. The van der Waals surface area contributed by atoms with E-state index in [-0.39, 0.29) is 18.2 Å². The summed E-state index contributed by atoms with van der Waals surface area (Å²) in [5.74, 6) is -0.514. The number of hydrogen-bond acceptors (Lipinski definition) is 4. The number of carbonyl (C=O) groups excluding carboxylic acids is 3. The van der Waals surface area contributed by atoms with Gasteiger partial charge < -0.3 is 10.6 Å². The molecule has 0 spiro atoms. The average molecular weight is 317 g/mol. The molecule has 3 rings (SSSR count). The number of fused-ring (bicyclic) bond motifs is 1. The Labute approximate surface area is 130 Å². The third kappa shape index (κ3) is 3.25. The highest BCUT2D eigenvalue weighted by Crippen LogP contribution is 2.21. The van der Waals surface area contributed by atoms with Crippen molar-refractivity contribution in [3.05, 3.63) is 35.2 Å². The van der Waals surface area contributed by atoms with E-state index in [1.807, 2.05) is 23.6 Å². The summed E-state index contributed by atoms with van der Waals surface area (Å²) in [5.41, 5.74) is 1.03. The second-order valence-electron chi connectivity index (χ2n) is 5.12. The Morgan fingerprint density at radius 2 is 2.14 bits per heavy atom. The first kappa shape index (κ1) is 14.5. The fourth-order valence-electron chi connectivity index (χ4n) is 2.35. The predicted octanol–water partition coefficient (Wildman–Crippen LogP) is 1.51. The molecule has 1 aromatic heterocycles. The van der Waals surface area contributed by atoms with Crippen LogP contribution in [0.4, 0.5) is 4.79 Å². The van der Waals surface area contributed by atoms with Crippen molar-refractivity contribution < 1.29 is 14.4 Å². The molecule has 4 amide bonds. The fraction of sp³-hybridized carbons (Fsp3) is 0.267. The van der Waals surface area contributed by atoms with Gasteiger partial charge in [0, 0.05) is 17.7 Å². The van der Waals surface area contributed by atoms with Gasteiger partial charge >= 0.3 is 6.03 Å². The fourth-order valence-corrected chi connectivity index (χ4v) is 3.12. The molecule has 114 valence electrons. The molecule has 0 unspecified atom stereocenters. The van der Waals surface area contributed by atoms with Gasteiger partial charge in [-0.3, -0.25) is 14.9 Å². The monoisotopic (exact) mass is 317 g/mol. The van der Waals surface area contributed by atoms with Gasteiger partial charge in [0.1, 0.15) is 6.04 Å². The van der Waals surface area contributed by atoms with E-state index >= 15 is 0 Å². The minimum absolute atomic E-state index is 0.139. The normalized spacial score (nSPS) is 17.4. The second-order valence-corrected chi connectivity index (χ2v) is 6.07. The maximum atomic E-state index is 11.8. The Morgan fingerprint density at radius 1 is 1.27 bits per heavy atom. The van der Waals surface area contributed by atoms with Gasteiger partial charge in [-0.25, -0.2) is 4.79 Å². The number of thiophene rings is 1. The molecule has 22 heavy (non-hydrogen) atoms. The van der Waals surface area contributed by atoms with Crippen LogP contribution in [-0.4, -0.2) is 23.9 Å². The molecule has 0 radical (unpaired) electrons. The minimum Gasteiger partial charge on any atom is -0.352 e. The molecule has 2 aromatic rings. The van der Waals surface area contributed by atoms with Gasteiger partial charge in [0.25, 0.3) is 5.91 Å². The van der Waals surface area contributed by atoms with Gasteiger partial charge in [0.15, 0.2) is 0 Å². The van der Waals surface area contributed by atoms with E-state index in [4.69, 9.17) is 0 Å². The minimum atomic E-state index is -0.611. The van der Waals surface area contributed by atoms with Gasteiger partial charge in [0.05, 0.1) is 0 Å². The van der Waals surface area contributed by atoms with Crippen LogP contribution in [0, 0.1) is 0 Å². The molecule has 7 heteroatoms. The first-order chi connectivity index (χ1) is 10.6. The number of hydrogen-bond donors (Lipinski definition) is 3. The third-order valence-corrected chi connectivity index (χ3v) is 4.42. The molecule has 3 N–H and O–H groups in total. The van der Waals surface area contributed by atoms with Crippen LogP contribution in [0.25, 0.3) is 10.1 Å². The number of amides is 4. The lowest BCUT2D eigenvalue weighted by Crippen LogP contribution is -2.31. The maximum absolute atomic E-state index is 11.8. The van der Waals surface area contributed by atoms with Gasteiger partial charge in [-0.2, -0.15) is 0 Å². The maximum Gasteiger partial charge on any atom is 0.322 e. The van der Waals surface area contributed by atoms with Crippen molar-refractivity contribution in [3.63, 3.8) is 0 Å². The van der Waals surface area contributed by atoms with Crippen LogP contribution in [0.5, 0.6) is 0 Å². The standard InChI is InChI=1S/C15H15N3O3S/c19-13(4-2-11-14(20)18-15(21)17-11)16-8-9-1-3-12-10(7-9)5-6-22-12/h1,3,5-7,11H,2,4,8H2,(H,16,19)(H2,17,18,20,21)/t11-/m0/s1. The highest BCUT2D eigenvalue weighted by Gasteiger charge is 2.29. The topological polar surface area (TPSA) is 87.3 Å². The summed E-state index contributed by atoms with van der Waals surface area (Å²) in [6.07, 6.45) is 0.492. The van der Waals surface area contributed by atoms with Gasteiger partial charge in [0.2, 0.25) is 5.91 Å². The number of urea groups is 1. The molecular formula is C15H15N3O3S. The van der Waals surface area contributed by atoms with Crippen LogP contribution in [0.3, 0.4) is 0 Å². The van der Waals surface area contributed by atoms with E-state index in [0.717, 1.165) is 5.56 Å². The van der Waals surface area contributed by atoms with Crippen molar-refractivity contribution in [2.24, 2.45) is 0 Å². The summed E-state index contributed by atoms with van der Waals surface area (Å²) >= 11 is 1.68. The zero-order chi connectivity index (χ0) is 15.5. The largest absolute Gasteiger partial charge is 0.352 e. The highest BCUT2D eigenvalue weighted by atomic mass is 32.1. The smallest absolute Gasteiger partial charge is 0.322 e. The van der Waals surface area contributed by atoms with E-state index in [1.54, 1.807) is 11.3 Å². The molecule has 6 nitrogen and oxygen atoms in total. The Balaban J connectivity index is 1.47. The van der Waals surface area contributed by atoms with Gasteiger partial charge in [-0.15, -0.1) is 11.3 Å². The average Bonchev–Trinajstić information content (AvgIpc) is 3.08. The number of nitrogens with one attached hydrogen (secondary N) is 3. The van der Waals surface area contributed by atoms with Crippen LogP contribution in [0.15, 0.2) is 29.6 Å². The molecule has 0 bridgehead atoms. The highest BCUT2D eigenvalue weighted by molar-refractivity contribution is 7.17. The second kappa shape index (κ2) is 6.15. The van der Waals surface area contributed by atoms with Crippen molar-refractivity contribution in [1.29, 1.82) is 0 Å². The van der Waals surface area contributed by atoms with E-state index in [2.05, 4.69) is 22.0 Å². The Kier molecular flexibility index (Phi) is 4.06. The molecule has 0 saturated carbocycles. The molecule has 1 aliphatic heterocycles. The SMILES string of the molecule is O=C(CC[C@@H]1NC(=O)NC1=O)NCc1ccc2sccc2c1. The summed E-state index contributed by atoms with van der Waals surface area (Å²) < 4.78 is 1.22. The molecule has 1 atom stereocenters. The molecule has 1 aromatic carbocycles. The van der Waals surface area contributed by atoms with Gasteiger partial charge in [-0.05, 0) is 40.9 Å². The Bertz CT molecular complexity index is 740. The van der Waals surface area contributed by atoms with E-state index in [9.17, 15) is 14.4 Å². The summed E-state index contributed by atoms with van der Waals surface area (Å²) in [6.45, 7) is 0.452. The summed E-state index contributed by atoms with van der Waals surface area (Å²) in [5, 5.41) is 10.6. The molecule has 1 fully saturated rings. The molecule has 1 aliphatic rings. The van der Waals surface area contributed by atoms with Crippen LogP contribution in [0.1, 0.15) is 18.4 Å². The first-order valence-electron chi connectivity index (χ1n) is 6.96. The summed E-state index contributed by atoms with van der Waals surface area (Å²) in [6, 6.07) is 7.02. The summed E-state index contributed by atoms with van der Waals surface area (Å²) in [4.78, 5) is 34.1. The molecule has 2 heterocycles. The first-order valence-corrected chi connectivity index (χ1v) is 7.84. The quantitative estimate of drug-likeness (QED) is 0.730. The molecular weight excluding hydrogens is 302 g/mol. The summed E-state index contributed by atoms with van der Waals surface area (Å²) in [7, 11) is 0. The zero-order valence-electron chi connectivity index (χ0n) is 11.7. The van der Waals surface area contributed by atoms with Crippen LogP contribution >= 0.6 is 11.3 Å². The third-order valence-electron chi connectivity index (χ3n) is 3.53. The molecule has 1 saturated heterocycles. The number of benzene rings is 1. The van der Waals surface area contributed by atoms with Crippen molar-refractivity contribution in [2.75, 3.05) is 0 Å². The number of carbonyl (C=O) groups is 3. The lowest BCUT2D eigenvalue weighted by Gasteiger charge is -2.08. The number of rotatable bonds is 5. The van der Waals surface area contributed by atoms with Crippen LogP contribution in [0.2, 0.25) is 0 Å². The zero-order valence-corrected chi connectivity index (χ0v) is 12.5. The Hall–Kier alpha value is -2.41. The van der Waals surface area contributed by atoms with Gasteiger partial charge in [-0.1, -0.05) is 6.07 Å². The lowest BCUT2D eigenvalue weighted by atomic mass is 10.1. The van der Waals surface area contributed by atoms with E-state index in [1.165, 1.54) is 10.1 Å². The number of imide groups is 1. The van der Waals surface area contributed by atoms with Crippen molar-refractivity contribution in [3.8, 4) is 0 Å². The van der Waals surface area contributed by atoms with E-state index < -0.39 is 12.1 Å². The lowest BCUT2D eigenvalue weighted by molar-refractivity contribution is -0.122. The van der Waals surface area contributed by atoms with Crippen molar-refractivity contribution in [1.82, 2.24) is 16.0 Å². The Morgan fingerprint density at radius 3 is 2.91 bits per heavy atom. The van der Waals surface area contributed by atoms with E-state index in [0.29, 0.717) is 13.0 Å².